The zero-order valence-electron chi connectivity index (χ0n) is 14.2. The van der Waals surface area contributed by atoms with Crippen molar-refractivity contribution in [2.45, 2.75) is 39.7 Å². The SMILES string of the molecule is Cc1nc(C(C)N(C)C(=O)CCCOc2ccccc2)c(C)s1. The Balaban J connectivity index is 1.79. The molecule has 0 fully saturated rings. The number of rotatable bonds is 7. The standard InChI is InChI=1S/C18H24N2O2S/c1-13(18-14(2)23-15(3)19-18)20(4)17(21)11-8-12-22-16-9-6-5-7-10-16/h5-7,9-10,13H,8,11-12H2,1-4H3. The van der Waals surface area contributed by atoms with E-state index in [-0.39, 0.29) is 11.9 Å². The summed E-state index contributed by atoms with van der Waals surface area (Å²) in [7, 11) is 1.85. The van der Waals surface area contributed by atoms with Gasteiger partial charge in [-0.25, -0.2) is 4.98 Å². The molecule has 4 nitrogen and oxygen atoms in total. The monoisotopic (exact) mass is 332 g/mol. The average molecular weight is 332 g/mol. The number of benzene rings is 1. The molecule has 0 bridgehead atoms. The van der Waals surface area contributed by atoms with Gasteiger partial charge in [-0.15, -0.1) is 11.3 Å². The minimum absolute atomic E-state index is 0.00231. The van der Waals surface area contributed by atoms with E-state index in [1.165, 1.54) is 4.88 Å². The van der Waals surface area contributed by atoms with Gasteiger partial charge in [0.1, 0.15) is 5.75 Å². The lowest BCUT2D eigenvalue weighted by Gasteiger charge is -2.24. The predicted octanol–water partition coefficient (Wildman–Crippen LogP) is 4.14. The first-order valence-electron chi connectivity index (χ1n) is 7.86. The second-order valence-electron chi connectivity index (χ2n) is 5.62. The Morgan fingerprint density at radius 1 is 1.30 bits per heavy atom. The third-order valence-corrected chi connectivity index (χ3v) is 4.76. The number of nitrogens with zero attached hydrogens (tertiary/aromatic N) is 2. The molecule has 1 aromatic carbocycles. The summed E-state index contributed by atoms with van der Waals surface area (Å²) >= 11 is 1.68. The molecule has 0 saturated heterocycles. The van der Waals surface area contributed by atoms with Gasteiger partial charge >= 0.3 is 0 Å². The Kier molecular flexibility index (Phi) is 6.16. The average Bonchev–Trinajstić information content (AvgIpc) is 2.89. The predicted molar refractivity (Wildman–Crippen MR) is 93.9 cm³/mol. The van der Waals surface area contributed by atoms with Crippen LogP contribution >= 0.6 is 11.3 Å². The van der Waals surface area contributed by atoms with Crippen LogP contribution in [0.1, 0.15) is 41.4 Å². The molecule has 0 saturated carbocycles. The third kappa shape index (κ3) is 4.79. The topological polar surface area (TPSA) is 42.4 Å². The molecule has 0 aliphatic carbocycles. The van der Waals surface area contributed by atoms with E-state index < -0.39 is 0 Å². The Morgan fingerprint density at radius 2 is 2.00 bits per heavy atom. The summed E-state index contributed by atoms with van der Waals surface area (Å²) in [6.07, 6.45) is 1.19. The van der Waals surface area contributed by atoms with Crippen molar-refractivity contribution in [1.82, 2.24) is 9.88 Å². The maximum atomic E-state index is 12.3. The second kappa shape index (κ2) is 8.11. The maximum absolute atomic E-state index is 12.3. The molecule has 0 spiro atoms. The van der Waals surface area contributed by atoms with E-state index in [9.17, 15) is 4.79 Å². The highest BCUT2D eigenvalue weighted by Crippen LogP contribution is 2.26. The van der Waals surface area contributed by atoms with Crippen molar-refractivity contribution in [3.05, 3.63) is 45.9 Å². The minimum Gasteiger partial charge on any atom is -0.494 e. The summed E-state index contributed by atoms with van der Waals surface area (Å²) in [6.45, 7) is 6.63. The fourth-order valence-corrected chi connectivity index (χ4v) is 3.35. The molecule has 1 unspecified atom stereocenters. The fraction of sp³-hybridized carbons (Fsp3) is 0.444. The molecule has 23 heavy (non-hydrogen) atoms. The highest BCUT2D eigenvalue weighted by molar-refractivity contribution is 7.11. The molecule has 124 valence electrons. The Labute approximate surface area is 142 Å². The Hall–Kier alpha value is -1.88. The van der Waals surface area contributed by atoms with Crippen molar-refractivity contribution in [3.63, 3.8) is 0 Å². The lowest BCUT2D eigenvalue weighted by molar-refractivity contribution is -0.132. The van der Waals surface area contributed by atoms with Crippen LogP contribution in [-0.4, -0.2) is 29.4 Å². The van der Waals surface area contributed by atoms with Gasteiger partial charge in [-0.1, -0.05) is 18.2 Å². The molecule has 2 rings (SSSR count). The van der Waals surface area contributed by atoms with Crippen LogP contribution in [0.2, 0.25) is 0 Å². The van der Waals surface area contributed by atoms with Crippen LogP contribution < -0.4 is 4.74 Å². The fourth-order valence-electron chi connectivity index (χ4n) is 2.44. The van der Waals surface area contributed by atoms with Gasteiger partial charge in [0.15, 0.2) is 0 Å². The van der Waals surface area contributed by atoms with Crippen molar-refractivity contribution in [3.8, 4) is 5.75 Å². The summed E-state index contributed by atoms with van der Waals surface area (Å²) in [5.41, 5.74) is 1.00. The van der Waals surface area contributed by atoms with Crippen LogP contribution in [0.4, 0.5) is 0 Å². The van der Waals surface area contributed by atoms with E-state index in [0.717, 1.165) is 16.5 Å². The molecule has 0 aliphatic heterocycles. The second-order valence-corrected chi connectivity index (χ2v) is 7.03. The minimum atomic E-state index is 0.00231. The van der Waals surface area contributed by atoms with E-state index >= 15 is 0 Å². The van der Waals surface area contributed by atoms with Gasteiger partial charge in [0, 0.05) is 18.3 Å². The van der Waals surface area contributed by atoms with Crippen LogP contribution in [0.5, 0.6) is 5.75 Å². The smallest absolute Gasteiger partial charge is 0.222 e. The molecule has 0 radical (unpaired) electrons. The molecular weight excluding hydrogens is 308 g/mol. The van der Waals surface area contributed by atoms with E-state index in [4.69, 9.17) is 4.74 Å². The summed E-state index contributed by atoms with van der Waals surface area (Å²) in [5, 5.41) is 1.04. The summed E-state index contributed by atoms with van der Waals surface area (Å²) in [5.74, 6) is 0.967. The molecule has 1 heterocycles. The normalized spacial score (nSPS) is 12.0. The number of ether oxygens (including phenoxy) is 1. The lowest BCUT2D eigenvalue weighted by atomic mass is 10.1. The van der Waals surface area contributed by atoms with Crippen molar-refractivity contribution >= 4 is 17.2 Å². The van der Waals surface area contributed by atoms with Gasteiger partial charge in [0.05, 0.1) is 23.4 Å². The molecule has 1 atom stereocenters. The molecule has 0 aliphatic rings. The first-order chi connectivity index (χ1) is 11.0. The first-order valence-corrected chi connectivity index (χ1v) is 8.68. The number of aromatic nitrogens is 1. The number of carbonyl (C=O) groups is 1. The highest BCUT2D eigenvalue weighted by Gasteiger charge is 2.21. The highest BCUT2D eigenvalue weighted by atomic mass is 32.1. The lowest BCUT2D eigenvalue weighted by Crippen LogP contribution is -2.30. The Morgan fingerprint density at radius 3 is 2.61 bits per heavy atom. The molecule has 5 heteroatoms. The van der Waals surface area contributed by atoms with Crippen molar-refractivity contribution in [2.75, 3.05) is 13.7 Å². The van der Waals surface area contributed by atoms with Crippen LogP contribution in [0, 0.1) is 13.8 Å². The number of aryl methyl sites for hydroxylation is 2. The number of para-hydroxylation sites is 1. The zero-order valence-corrected chi connectivity index (χ0v) is 15.0. The molecule has 1 amide bonds. The number of carbonyl (C=O) groups excluding carboxylic acids is 1. The molecule has 1 aromatic heterocycles. The van der Waals surface area contributed by atoms with E-state index in [0.29, 0.717) is 19.4 Å². The van der Waals surface area contributed by atoms with Crippen molar-refractivity contribution < 1.29 is 9.53 Å². The van der Waals surface area contributed by atoms with Gasteiger partial charge in [-0.2, -0.15) is 0 Å². The van der Waals surface area contributed by atoms with E-state index in [2.05, 4.69) is 11.9 Å². The first kappa shape index (κ1) is 17.5. The number of thiazole rings is 1. The van der Waals surface area contributed by atoms with E-state index in [1.54, 1.807) is 16.2 Å². The van der Waals surface area contributed by atoms with Gasteiger partial charge in [0.2, 0.25) is 5.91 Å². The van der Waals surface area contributed by atoms with Gasteiger partial charge in [-0.3, -0.25) is 4.79 Å². The number of hydrogen-bond acceptors (Lipinski definition) is 4. The summed E-state index contributed by atoms with van der Waals surface area (Å²) < 4.78 is 5.62. The molecule has 0 N–H and O–H groups in total. The largest absolute Gasteiger partial charge is 0.494 e. The summed E-state index contributed by atoms with van der Waals surface area (Å²) in [6, 6.07) is 9.67. The van der Waals surface area contributed by atoms with Gasteiger partial charge in [-0.05, 0) is 39.3 Å². The van der Waals surface area contributed by atoms with Gasteiger partial charge < -0.3 is 9.64 Å². The summed E-state index contributed by atoms with van der Waals surface area (Å²) in [4.78, 5) is 19.8. The van der Waals surface area contributed by atoms with Crippen molar-refractivity contribution in [1.29, 1.82) is 0 Å². The number of amides is 1. The van der Waals surface area contributed by atoms with Gasteiger partial charge in [0.25, 0.3) is 0 Å². The number of hydrogen-bond donors (Lipinski definition) is 0. The van der Waals surface area contributed by atoms with Crippen LogP contribution in [0.3, 0.4) is 0 Å². The molecular formula is C18H24N2O2S. The van der Waals surface area contributed by atoms with Crippen LogP contribution in [-0.2, 0) is 4.79 Å². The third-order valence-electron chi connectivity index (χ3n) is 3.86. The van der Waals surface area contributed by atoms with Crippen LogP contribution in [0.15, 0.2) is 30.3 Å². The van der Waals surface area contributed by atoms with Crippen molar-refractivity contribution in [2.24, 2.45) is 0 Å². The van der Waals surface area contributed by atoms with E-state index in [1.807, 2.05) is 51.2 Å². The maximum Gasteiger partial charge on any atom is 0.222 e. The quantitative estimate of drug-likeness (QED) is 0.716. The zero-order chi connectivity index (χ0) is 16.8. The molecule has 2 aromatic rings. The Bertz CT molecular complexity index is 640. The van der Waals surface area contributed by atoms with Crippen LogP contribution in [0.25, 0.3) is 0 Å².